The van der Waals surface area contributed by atoms with E-state index < -0.39 is 0 Å². The van der Waals surface area contributed by atoms with E-state index in [1.165, 1.54) is 24.0 Å². The van der Waals surface area contributed by atoms with Crippen LogP contribution in [-0.2, 0) is 6.42 Å². The van der Waals surface area contributed by atoms with E-state index in [9.17, 15) is 0 Å². The fourth-order valence-electron chi connectivity index (χ4n) is 2.87. The molecule has 0 fully saturated rings. The van der Waals surface area contributed by atoms with Crippen molar-refractivity contribution in [1.82, 2.24) is 9.55 Å². The molecule has 1 aromatic carbocycles. The molecule has 100 valence electrons. The maximum atomic E-state index is 4.53. The summed E-state index contributed by atoms with van der Waals surface area (Å²) in [5.41, 5.74) is 3.90. The van der Waals surface area contributed by atoms with Crippen molar-refractivity contribution in [2.75, 3.05) is 11.9 Å². The molecule has 0 radical (unpaired) electrons. The number of nitrogens with one attached hydrogen (secondary N) is 1. The topological polar surface area (TPSA) is 29.9 Å². The summed E-state index contributed by atoms with van der Waals surface area (Å²) < 4.78 is 2.27. The van der Waals surface area contributed by atoms with Crippen molar-refractivity contribution in [3.05, 3.63) is 47.3 Å². The van der Waals surface area contributed by atoms with Crippen LogP contribution in [0, 0.1) is 6.92 Å². The lowest BCUT2D eigenvalue weighted by Gasteiger charge is -2.26. The highest BCUT2D eigenvalue weighted by Crippen LogP contribution is 2.29. The van der Waals surface area contributed by atoms with Crippen LogP contribution in [0.25, 0.3) is 0 Å². The van der Waals surface area contributed by atoms with E-state index >= 15 is 0 Å². The maximum absolute atomic E-state index is 4.53. The van der Waals surface area contributed by atoms with E-state index in [1.54, 1.807) is 0 Å². The Morgan fingerprint density at radius 1 is 1.32 bits per heavy atom. The molecule has 19 heavy (non-hydrogen) atoms. The quantitative estimate of drug-likeness (QED) is 0.909. The van der Waals surface area contributed by atoms with Crippen molar-refractivity contribution >= 4 is 5.95 Å². The van der Waals surface area contributed by atoms with Gasteiger partial charge in [0, 0.05) is 12.7 Å². The minimum atomic E-state index is 0.424. The fraction of sp³-hybridized carbons (Fsp3) is 0.438. The lowest BCUT2D eigenvalue weighted by molar-refractivity contribution is 0.530. The van der Waals surface area contributed by atoms with Crippen LogP contribution in [-0.4, -0.2) is 16.1 Å². The van der Waals surface area contributed by atoms with Gasteiger partial charge in [-0.05, 0) is 30.9 Å². The van der Waals surface area contributed by atoms with Gasteiger partial charge in [0.15, 0.2) is 0 Å². The Morgan fingerprint density at radius 2 is 2.11 bits per heavy atom. The van der Waals surface area contributed by atoms with E-state index in [-0.39, 0.29) is 0 Å². The van der Waals surface area contributed by atoms with Gasteiger partial charge in [-0.15, -0.1) is 0 Å². The molecule has 0 bridgehead atoms. The highest BCUT2D eigenvalue weighted by atomic mass is 15.2. The molecule has 3 heteroatoms. The van der Waals surface area contributed by atoms with Crippen LogP contribution in [0.2, 0.25) is 0 Å². The van der Waals surface area contributed by atoms with Crippen LogP contribution in [0.4, 0.5) is 5.95 Å². The van der Waals surface area contributed by atoms with E-state index in [1.807, 2.05) is 0 Å². The normalized spacial score (nSPS) is 17.9. The molecule has 2 aromatic rings. The van der Waals surface area contributed by atoms with E-state index in [4.69, 9.17) is 0 Å². The first kappa shape index (κ1) is 12.3. The van der Waals surface area contributed by atoms with Crippen LogP contribution >= 0.6 is 0 Å². The summed E-state index contributed by atoms with van der Waals surface area (Å²) in [4.78, 5) is 4.53. The van der Waals surface area contributed by atoms with Crippen LogP contribution in [0.1, 0.15) is 42.6 Å². The zero-order valence-corrected chi connectivity index (χ0v) is 11.7. The lowest BCUT2D eigenvalue weighted by Crippen LogP contribution is -2.23. The van der Waals surface area contributed by atoms with Crippen molar-refractivity contribution in [3.63, 3.8) is 0 Å². The number of nitrogens with zero attached hydrogens (tertiary/aromatic N) is 2. The largest absolute Gasteiger partial charge is 0.356 e. The Bertz CT molecular complexity index is 554. The minimum Gasteiger partial charge on any atom is -0.356 e. The number of imidazole rings is 1. The van der Waals surface area contributed by atoms with Crippen molar-refractivity contribution in [3.8, 4) is 0 Å². The zero-order chi connectivity index (χ0) is 13.2. The summed E-state index contributed by atoms with van der Waals surface area (Å²) in [5, 5.41) is 3.37. The highest BCUT2D eigenvalue weighted by molar-refractivity contribution is 5.36. The van der Waals surface area contributed by atoms with Crippen molar-refractivity contribution < 1.29 is 0 Å². The van der Waals surface area contributed by atoms with Gasteiger partial charge in [-0.3, -0.25) is 0 Å². The molecule has 1 N–H and O–H groups in total. The van der Waals surface area contributed by atoms with Crippen LogP contribution < -0.4 is 5.32 Å². The fourth-order valence-corrected chi connectivity index (χ4v) is 2.87. The number of aromatic nitrogens is 2. The number of anilines is 1. The Hall–Kier alpha value is -1.77. The molecule has 3 rings (SSSR count). The van der Waals surface area contributed by atoms with Gasteiger partial charge in [-0.1, -0.05) is 37.6 Å². The molecule has 2 heterocycles. The third kappa shape index (κ3) is 2.37. The molecule has 0 amide bonds. The molecule has 3 nitrogen and oxygen atoms in total. The second-order valence-corrected chi connectivity index (χ2v) is 5.34. The van der Waals surface area contributed by atoms with Crippen LogP contribution in [0.3, 0.4) is 0 Å². The average molecular weight is 255 g/mol. The van der Waals surface area contributed by atoms with Crippen LogP contribution in [0.5, 0.6) is 0 Å². The molecule has 0 aliphatic carbocycles. The molecule has 0 saturated heterocycles. The number of rotatable bonds is 3. The Balaban J connectivity index is 1.90. The Kier molecular flexibility index (Phi) is 3.28. The number of fused-ring (bicyclic) bond motifs is 1. The number of hydrogen-bond acceptors (Lipinski definition) is 2. The molecular formula is C16H21N3. The molecule has 1 aliphatic heterocycles. The number of benzene rings is 1. The molecular weight excluding hydrogens is 234 g/mol. The smallest absolute Gasteiger partial charge is 0.203 e. The Morgan fingerprint density at radius 3 is 2.84 bits per heavy atom. The number of hydrogen-bond donors (Lipinski definition) is 1. The van der Waals surface area contributed by atoms with Crippen molar-refractivity contribution in [2.45, 2.75) is 39.2 Å². The summed E-state index contributed by atoms with van der Waals surface area (Å²) in [6.45, 7) is 5.27. The van der Waals surface area contributed by atoms with E-state index in [0.717, 1.165) is 24.6 Å². The van der Waals surface area contributed by atoms with Gasteiger partial charge in [-0.25, -0.2) is 4.98 Å². The predicted molar refractivity (Wildman–Crippen MR) is 78.6 cm³/mol. The highest BCUT2D eigenvalue weighted by Gasteiger charge is 2.21. The Labute approximate surface area is 114 Å². The second kappa shape index (κ2) is 5.08. The first-order chi connectivity index (χ1) is 9.28. The molecule has 1 aliphatic rings. The van der Waals surface area contributed by atoms with E-state index in [2.05, 4.69) is 59.2 Å². The van der Waals surface area contributed by atoms with Gasteiger partial charge >= 0.3 is 0 Å². The zero-order valence-electron chi connectivity index (χ0n) is 11.7. The summed E-state index contributed by atoms with van der Waals surface area (Å²) in [6.07, 6.45) is 5.64. The summed E-state index contributed by atoms with van der Waals surface area (Å²) >= 11 is 0. The lowest BCUT2D eigenvalue weighted by atomic mass is 9.99. The molecule has 1 aromatic heterocycles. The average Bonchev–Trinajstić information content (AvgIpc) is 2.80. The minimum absolute atomic E-state index is 0.424. The van der Waals surface area contributed by atoms with Gasteiger partial charge in [0.2, 0.25) is 5.95 Å². The molecule has 0 spiro atoms. The maximum Gasteiger partial charge on any atom is 0.203 e. The molecule has 0 saturated carbocycles. The SMILES string of the molecule is CCCc1ccc(C2CCNc3nc(C)cn32)cc1. The van der Waals surface area contributed by atoms with Gasteiger partial charge in [0.25, 0.3) is 0 Å². The predicted octanol–water partition coefficient (Wildman–Crippen LogP) is 3.55. The van der Waals surface area contributed by atoms with Crippen LogP contribution in [0.15, 0.2) is 30.5 Å². The van der Waals surface area contributed by atoms with Gasteiger partial charge < -0.3 is 9.88 Å². The first-order valence-electron chi connectivity index (χ1n) is 7.16. The second-order valence-electron chi connectivity index (χ2n) is 5.34. The third-order valence-corrected chi connectivity index (χ3v) is 3.79. The number of aryl methyl sites for hydroxylation is 2. The van der Waals surface area contributed by atoms with Gasteiger partial charge in [0.1, 0.15) is 0 Å². The third-order valence-electron chi connectivity index (χ3n) is 3.79. The molecule has 1 unspecified atom stereocenters. The monoisotopic (exact) mass is 255 g/mol. The first-order valence-corrected chi connectivity index (χ1v) is 7.16. The van der Waals surface area contributed by atoms with Crippen molar-refractivity contribution in [1.29, 1.82) is 0 Å². The van der Waals surface area contributed by atoms with Crippen molar-refractivity contribution in [2.24, 2.45) is 0 Å². The summed E-state index contributed by atoms with van der Waals surface area (Å²) in [7, 11) is 0. The standard InChI is InChI=1S/C16H21N3/c1-3-4-13-5-7-14(8-6-13)15-9-10-17-16-18-12(2)11-19(15)16/h5-8,11,15H,3-4,9-10H2,1-2H3,(H,17,18). The van der Waals surface area contributed by atoms with E-state index in [0.29, 0.717) is 6.04 Å². The summed E-state index contributed by atoms with van der Waals surface area (Å²) in [6, 6.07) is 9.52. The van der Waals surface area contributed by atoms with Gasteiger partial charge in [0.05, 0.1) is 11.7 Å². The molecule has 1 atom stereocenters. The van der Waals surface area contributed by atoms with Gasteiger partial charge in [-0.2, -0.15) is 0 Å². The summed E-state index contributed by atoms with van der Waals surface area (Å²) in [5.74, 6) is 1.01.